The van der Waals surface area contributed by atoms with Gasteiger partial charge >= 0.3 is 0 Å². The summed E-state index contributed by atoms with van der Waals surface area (Å²) in [5.74, 6) is 1.59. The van der Waals surface area contributed by atoms with Crippen LogP contribution in [0, 0.1) is 12.8 Å². The molecule has 2 aliphatic rings. The minimum Gasteiger partial charge on any atom is -0.485 e. The van der Waals surface area contributed by atoms with E-state index in [0.29, 0.717) is 11.9 Å². The highest BCUT2D eigenvalue weighted by molar-refractivity contribution is 5.93. The summed E-state index contributed by atoms with van der Waals surface area (Å²) in [5, 5.41) is 10.7. The van der Waals surface area contributed by atoms with Gasteiger partial charge in [0.1, 0.15) is 11.9 Å². The Labute approximate surface area is 163 Å². The summed E-state index contributed by atoms with van der Waals surface area (Å²) in [5.41, 5.74) is 3.90. The van der Waals surface area contributed by atoms with Gasteiger partial charge in [0.2, 0.25) is 5.91 Å². The summed E-state index contributed by atoms with van der Waals surface area (Å²) < 4.78 is 7.98. The predicted molar refractivity (Wildman–Crippen MR) is 106 cm³/mol. The highest BCUT2D eigenvalue weighted by atomic mass is 16.5. The molecule has 28 heavy (non-hydrogen) atoms. The normalized spacial score (nSPS) is 21.4. The van der Waals surface area contributed by atoms with Crippen LogP contribution in [0.25, 0.3) is 16.6 Å². The van der Waals surface area contributed by atoms with Crippen LogP contribution in [0.1, 0.15) is 25.5 Å². The molecule has 1 amide bonds. The van der Waals surface area contributed by atoms with Crippen LogP contribution in [0.4, 0.5) is 5.82 Å². The lowest BCUT2D eigenvalue weighted by molar-refractivity contribution is -0.117. The molecule has 2 N–H and O–H groups in total. The highest BCUT2D eigenvalue weighted by Crippen LogP contribution is 2.33. The van der Waals surface area contributed by atoms with E-state index in [1.54, 1.807) is 10.7 Å². The Morgan fingerprint density at radius 1 is 1.32 bits per heavy atom. The van der Waals surface area contributed by atoms with Crippen molar-refractivity contribution in [2.75, 3.05) is 11.9 Å². The molecular formula is C21H23N5O2. The second-order valence-electron chi connectivity index (χ2n) is 7.75. The SMILES string of the molecule is Cc1cc(-c2ccn3nc(NC(=O)C4CC4)cc3c2)c(O[C@@H]2CN[C@@H]2C)cn1. The van der Waals surface area contributed by atoms with E-state index in [4.69, 9.17) is 4.74 Å². The first-order valence-electron chi connectivity index (χ1n) is 9.74. The van der Waals surface area contributed by atoms with Crippen molar-refractivity contribution in [2.45, 2.75) is 38.8 Å². The van der Waals surface area contributed by atoms with Crippen LogP contribution in [-0.2, 0) is 4.79 Å². The maximum atomic E-state index is 12.0. The van der Waals surface area contributed by atoms with Crippen molar-refractivity contribution in [1.29, 1.82) is 0 Å². The third kappa shape index (κ3) is 3.22. The van der Waals surface area contributed by atoms with Gasteiger partial charge in [-0.3, -0.25) is 9.78 Å². The number of aromatic nitrogens is 3. The van der Waals surface area contributed by atoms with Gasteiger partial charge < -0.3 is 15.4 Å². The van der Waals surface area contributed by atoms with E-state index in [1.165, 1.54) is 0 Å². The first-order valence-corrected chi connectivity index (χ1v) is 9.74. The van der Waals surface area contributed by atoms with Gasteiger partial charge in [-0.1, -0.05) is 0 Å². The second-order valence-corrected chi connectivity index (χ2v) is 7.75. The molecule has 144 valence electrons. The average molecular weight is 377 g/mol. The summed E-state index contributed by atoms with van der Waals surface area (Å²) in [6, 6.07) is 8.35. The Bertz CT molecular complexity index is 1060. The van der Waals surface area contributed by atoms with Crippen molar-refractivity contribution >= 4 is 17.2 Å². The third-order valence-corrected chi connectivity index (χ3v) is 5.45. The second kappa shape index (κ2) is 6.60. The van der Waals surface area contributed by atoms with Gasteiger partial charge in [-0.15, -0.1) is 0 Å². The smallest absolute Gasteiger partial charge is 0.228 e. The van der Waals surface area contributed by atoms with E-state index in [1.807, 2.05) is 31.3 Å². The molecule has 0 spiro atoms. The van der Waals surface area contributed by atoms with E-state index in [9.17, 15) is 4.79 Å². The number of fused-ring (bicyclic) bond motifs is 1. The molecule has 1 aliphatic carbocycles. The number of pyridine rings is 2. The van der Waals surface area contributed by atoms with Gasteiger partial charge in [-0.25, -0.2) is 4.52 Å². The molecule has 0 bridgehead atoms. The summed E-state index contributed by atoms with van der Waals surface area (Å²) in [6.07, 6.45) is 5.82. The van der Waals surface area contributed by atoms with Gasteiger partial charge in [0.05, 0.1) is 11.7 Å². The molecule has 7 heteroatoms. The van der Waals surface area contributed by atoms with Crippen LogP contribution in [-0.4, -0.2) is 39.2 Å². The molecular weight excluding hydrogens is 354 g/mol. The number of hydrogen-bond acceptors (Lipinski definition) is 5. The first kappa shape index (κ1) is 17.2. The standard InChI is InChI=1S/C21H23N5O2/c1-12-7-17(19(11-22-12)28-18-10-23-13(18)2)15-5-6-26-16(8-15)9-20(25-26)24-21(27)14-3-4-14/h5-9,11,13-14,18,23H,3-4,10H2,1-2H3,(H,24,25,27)/t13-,18-/m1/s1. The van der Waals surface area contributed by atoms with Crippen molar-refractivity contribution in [3.05, 3.63) is 42.4 Å². The van der Waals surface area contributed by atoms with Gasteiger partial charge in [0, 0.05) is 42.0 Å². The molecule has 5 rings (SSSR count). The number of anilines is 1. The lowest BCUT2D eigenvalue weighted by Crippen LogP contribution is -2.58. The Morgan fingerprint density at radius 3 is 2.89 bits per heavy atom. The molecule has 2 fully saturated rings. The number of hydrogen-bond donors (Lipinski definition) is 2. The van der Waals surface area contributed by atoms with Gasteiger partial charge in [-0.05, 0) is 50.5 Å². The molecule has 1 saturated heterocycles. The molecule has 0 aromatic carbocycles. The quantitative estimate of drug-likeness (QED) is 0.715. The molecule has 1 saturated carbocycles. The number of amides is 1. The predicted octanol–water partition coefficient (Wildman–Crippen LogP) is 2.79. The molecule has 3 aromatic rings. The van der Waals surface area contributed by atoms with Crippen molar-refractivity contribution in [3.8, 4) is 16.9 Å². The van der Waals surface area contributed by atoms with Crippen LogP contribution in [0.15, 0.2) is 36.7 Å². The Morgan fingerprint density at radius 2 is 2.18 bits per heavy atom. The fraction of sp³-hybridized carbons (Fsp3) is 0.381. The number of rotatable bonds is 5. The van der Waals surface area contributed by atoms with Crippen molar-refractivity contribution in [1.82, 2.24) is 19.9 Å². The zero-order valence-corrected chi connectivity index (χ0v) is 16.0. The highest BCUT2D eigenvalue weighted by Gasteiger charge is 2.30. The lowest BCUT2D eigenvalue weighted by Gasteiger charge is -2.35. The Kier molecular flexibility index (Phi) is 4.05. The zero-order chi connectivity index (χ0) is 19.3. The maximum absolute atomic E-state index is 12.0. The van der Waals surface area contributed by atoms with Crippen LogP contribution in [0.3, 0.4) is 0 Å². The molecule has 1 aliphatic heterocycles. The van der Waals surface area contributed by atoms with Crippen LogP contribution >= 0.6 is 0 Å². The van der Waals surface area contributed by atoms with E-state index < -0.39 is 0 Å². The maximum Gasteiger partial charge on any atom is 0.228 e. The van der Waals surface area contributed by atoms with Crippen molar-refractivity contribution < 1.29 is 9.53 Å². The van der Waals surface area contributed by atoms with E-state index >= 15 is 0 Å². The number of nitrogens with one attached hydrogen (secondary N) is 2. The molecule has 0 radical (unpaired) electrons. The number of ether oxygens (including phenoxy) is 1. The summed E-state index contributed by atoms with van der Waals surface area (Å²) in [4.78, 5) is 16.4. The minimum absolute atomic E-state index is 0.0623. The topological polar surface area (TPSA) is 80.5 Å². The lowest BCUT2D eigenvalue weighted by atomic mass is 10.0. The number of carbonyl (C=O) groups excluding carboxylic acids is 1. The van der Waals surface area contributed by atoms with Crippen LogP contribution in [0.2, 0.25) is 0 Å². The summed E-state index contributed by atoms with van der Waals surface area (Å²) in [6.45, 7) is 4.94. The minimum atomic E-state index is 0.0623. The monoisotopic (exact) mass is 377 g/mol. The molecule has 4 heterocycles. The van der Waals surface area contributed by atoms with Crippen molar-refractivity contribution in [3.63, 3.8) is 0 Å². The number of aryl methyl sites for hydroxylation is 1. The average Bonchev–Trinajstić information content (AvgIpc) is 3.46. The Hall–Kier alpha value is -2.93. The van der Waals surface area contributed by atoms with Crippen molar-refractivity contribution in [2.24, 2.45) is 5.92 Å². The number of nitrogens with zero attached hydrogens (tertiary/aromatic N) is 3. The van der Waals surface area contributed by atoms with Gasteiger partial charge in [0.15, 0.2) is 5.82 Å². The van der Waals surface area contributed by atoms with Crippen LogP contribution in [0.5, 0.6) is 5.75 Å². The first-order chi connectivity index (χ1) is 13.6. The van der Waals surface area contributed by atoms with Gasteiger partial charge in [-0.2, -0.15) is 5.10 Å². The zero-order valence-electron chi connectivity index (χ0n) is 16.0. The van der Waals surface area contributed by atoms with Gasteiger partial charge in [0.25, 0.3) is 0 Å². The van der Waals surface area contributed by atoms with E-state index in [2.05, 4.69) is 33.7 Å². The molecule has 7 nitrogen and oxygen atoms in total. The Balaban J connectivity index is 1.46. The molecule has 0 unspecified atom stereocenters. The van der Waals surface area contributed by atoms with Crippen LogP contribution < -0.4 is 15.4 Å². The summed E-state index contributed by atoms with van der Waals surface area (Å²) >= 11 is 0. The largest absolute Gasteiger partial charge is 0.485 e. The fourth-order valence-electron chi connectivity index (χ4n) is 3.42. The molecule has 2 atom stereocenters. The third-order valence-electron chi connectivity index (χ3n) is 5.45. The van der Waals surface area contributed by atoms with E-state index in [0.717, 1.165) is 47.5 Å². The summed E-state index contributed by atoms with van der Waals surface area (Å²) in [7, 11) is 0. The fourth-order valence-corrected chi connectivity index (χ4v) is 3.42. The molecule has 3 aromatic heterocycles. The van der Waals surface area contributed by atoms with E-state index in [-0.39, 0.29) is 17.9 Å². The number of carbonyl (C=O) groups is 1.